The molecule has 3 heteroatoms. The number of nitrogens with zero attached hydrogens (tertiary/aromatic N) is 2. The lowest BCUT2D eigenvalue weighted by Crippen LogP contribution is -2.00. The van der Waals surface area contributed by atoms with Crippen LogP contribution in [0.3, 0.4) is 0 Å². The van der Waals surface area contributed by atoms with Crippen LogP contribution < -0.4 is 3.11 Å². The molecule has 0 radical (unpaired) electrons. The van der Waals surface area contributed by atoms with Crippen molar-refractivity contribution in [1.82, 2.24) is 4.57 Å². The summed E-state index contributed by atoms with van der Waals surface area (Å²) in [5.74, 6) is 0. The average molecular weight is 460 g/mol. The number of para-hydroxylation sites is 3. The third-order valence-electron chi connectivity index (χ3n) is 4.88. The van der Waals surface area contributed by atoms with Crippen LogP contribution in [0.2, 0.25) is 0 Å². The Balaban J connectivity index is 1.76. The molecule has 5 rings (SSSR count). The molecule has 0 N–H and O–H groups in total. The molecule has 0 saturated carbocycles. The van der Waals surface area contributed by atoms with Crippen molar-refractivity contribution >= 4 is 56.0 Å². The van der Waals surface area contributed by atoms with E-state index in [1.165, 1.54) is 38.9 Å². The molecule has 0 saturated heterocycles. The highest BCUT2D eigenvalue weighted by atomic mass is 127. The lowest BCUT2D eigenvalue weighted by atomic mass is 10.1. The van der Waals surface area contributed by atoms with E-state index in [2.05, 4.69) is 128 Å². The van der Waals surface area contributed by atoms with Crippen molar-refractivity contribution in [3.05, 3.63) is 103 Å². The van der Waals surface area contributed by atoms with Crippen molar-refractivity contribution in [3.8, 4) is 5.69 Å². The van der Waals surface area contributed by atoms with Gasteiger partial charge in [0.2, 0.25) is 0 Å². The van der Waals surface area contributed by atoms with Crippen LogP contribution in [0, 0.1) is 0 Å². The minimum atomic E-state index is 1.17. The lowest BCUT2D eigenvalue weighted by molar-refractivity contribution is 1.18. The molecule has 0 aliphatic carbocycles. The van der Waals surface area contributed by atoms with Crippen molar-refractivity contribution < 1.29 is 0 Å². The first-order chi connectivity index (χ1) is 13.3. The molecule has 0 aliphatic rings. The van der Waals surface area contributed by atoms with Crippen LogP contribution in [0.4, 0.5) is 11.4 Å². The van der Waals surface area contributed by atoms with Crippen LogP contribution in [0.5, 0.6) is 0 Å². The van der Waals surface area contributed by atoms with E-state index in [9.17, 15) is 0 Å². The number of rotatable bonds is 3. The summed E-state index contributed by atoms with van der Waals surface area (Å²) >= 11 is 2.37. The van der Waals surface area contributed by atoms with Gasteiger partial charge in [0.25, 0.3) is 0 Å². The second-order valence-electron chi connectivity index (χ2n) is 6.51. The minimum absolute atomic E-state index is 1.17. The third kappa shape index (κ3) is 2.79. The molecule has 2 nitrogen and oxygen atoms in total. The number of anilines is 2. The van der Waals surface area contributed by atoms with E-state index in [-0.39, 0.29) is 0 Å². The molecule has 1 heterocycles. The zero-order chi connectivity index (χ0) is 18.2. The fraction of sp³-hybridized carbons (Fsp3) is 0. The number of fused-ring (bicyclic) bond motifs is 3. The smallest absolute Gasteiger partial charge is 0.0646 e. The molecule has 0 aliphatic heterocycles. The SMILES string of the molecule is IN(c1ccccc1)c1ccc2c(c1)c1ccccc1n2-c1ccccc1. The topological polar surface area (TPSA) is 8.17 Å². The molecule has 0 spiro atoms. The van der Waals surface area contributed by atoms with E-state index in [1.54, 1.807) is 0 Å². The van der Waals surface area contributed by atoms with Gasteiger partial charge < -0.3 is 4.57 Å². The second-order valence-corrected chi connectivity index (χ2v) is 7.47. The zero-order valence-corrected chi connectivity index (χ0v) is 16.7. The molecular formula is C24H17IN2. The Kier molecular flexibility index (Phi) is 4.09. The molecule has 5 aromatic rings. The number of benzene rings is 4. The minimum Gasteiger partial charge on any atom is -0.309 e. The molecule has 4 aromatic carbocycles. The van der Waals surface area contributed by atoms with Gasteiger partial charge in [-0.15, -0.1) is 0 Å². The molecule has 0 atom stereocenters. The van der Waals surface area contributed by atoms with Crippen LogP contribution in [0.15, 0.2) is 103 Å². The Morgan fingerprint density at radius 2 is 1.19 bits per heavy atom. The molecule has 0 bridgehead atoms. The second kappa shape index (κ2) is 6.74. The average Bonchev–Trinajstić information content (AvgIpc) is 3.08. The summed E-state index contributed by atoms with van der Waals surface area (Å²) in [5.41, 5.74) is 5.99. The first-order valence-corrected chi connectivity index (χ1v) is 9.89. The van der Waals surface area contributed by atoms with Gasteiger partial charge in [0, 0.05) is 16.5 Å². The standard InChI is InChI=1S/C24H17IN2/c25-27(19-11-5-2-6-12-19)20-15-16-24-22(17-20)21-13-7-8-14-23(21)26(24)18-9-3-1-4-10-18/h1-17H. The summed E-state index contributed by atoms with van der Waals surface area (Å²) in [6.45, 7) is 0. The number of aromatic nitrogens is 1. The summed E-state index contributed by atoms with van der Waals surface area (Å²) in [6.07, 6.45) is 0. The molecule has 27 heavy (non-hydrogen) atoms. The Hall–Kier alpha value is -2.79. The highest BCUT2D eigenvalue weighted by Crippen LogP contribution is 2.37. The molecule has 130 valence electrons. The van der Waals surface area contributed by atoms with Gasteiger partial charge in [-0.1, -0.05) is 54.6 Å². The van der Waals surface area contributed by atoms with Gasteiger partial charge in [-0.2, -0.15) is 0 Å². The summed E-state index contributed by atoms with van der Waals surface area (Å²) in [4.78, 5) is 0. The van der Waals surface area contributed by atoms with Crippen LogP contribution in [-0.4, -0.2) is 4.57 Å². The highest BCUT2D eigenvalue weighted by Gasteiger charge is 2.14. The van der Waals surface area contributed by atoms with Crippen LogP contribution in [0.25, 0.3) is 27.5 Å². The Morgan fingerprint density at radius 1 is 0.556 bits per heavy atom. The van der Waals surface area contributed by atoms with E-state index in [0.29, 0.717) is 0 Å². The maximum absolute atomic E-state index is 2.37. The van der Waals surface area contributed by atoms with Gasteiger partial charge in [-0.05, 0) is 48.5 Å². The van der Waals surface area contributed by atoms with Gasteiger partial charge in [-0.25, -0.2) is 0 Å². The summed E-state index contributed by atoms with van der Waals surface area (Å²) in [5, 5.41) is 2.54. The predicted octanol–water partition coefficient (Wildman–Crippen LogP) is 7.27. The fourth-order valence-electron chi connectivity index (χ4n) is 3.65. The third-order valence-corrected chi connectivity index (χ3v) is 5.99. The molecule has 0 amide bonds. The van der Waals surface area contributed by atoms with E-state index in [4.69, 9.17) is 0 Å². The predicted molar refractivity (Wildman–Crippen MR) is 123 cm³/mol. The quantitative estimate of drug-likeness (QED) is 0.203. The van der Waals surface area contributed by atoms with Gasteiger partial charge in [-0.3, -0.25) is 3.11 Å². The molecular weight excluding hydrogens is 443 g/mol. The largest absolute Gasteiger partial charge is 0.309 e. The van der Waals surface area contributed by atoms with Crippen LogP contribution in [0.1, 0.15) is 0 Å². The van der Waals surface area contributed by atoms with Gasteiger partial charge in [0.15, 0.2) is 0 Å². The van der Waals surface area contributed by atoms with E-state index in [1.807, 2.05) is 6.07 Å². The highest BCUT2D eigenvalue weighted by molar-refractivity contribution is 14.1. The van der Waals surface area contributed by atoms with Crippen LogP contribution >= 0.6 is 22.9 Å². The Bertz CT molecular complexity index is 1230. The van der Waals surface area contributed by atoms with Crippen molar-refractivity contribution in [2.75, 3.05) is 3.11 Å². The van der Waals surface area contributed by atoms with Gasteiger partial charge in [0.1, 0.15) is 0 Å². The van der Waals surface area contributed by atoms with E-state index >= 15 is 0 Å². The maximum Gasteiger partial charge on any atom is 0.0646 e. The zero-order valence-electron chi connectivity index (χ0n) is 14.6. The summed E-state index contributed by atoms with van der Waals surface area (Å²) in [7, 11) is 0. The Labute approximate surface area is 172 Å². The molecule has 0 unspecified atom stereocenters. The maximum atomic E-state index is 2.37. The van der Waals surface area contributed by atoms with E-state index in [0.717, 1.165) is 0 Å². The summed E-state index contributed by atoms with van der Waals surface area (Å²) in [6, 6.07) is 36.3. The molecule has 0 fully saturated rings. The monoisotopic (exact) mass is 460 g/mol. The number of hydrogen-bond acceptors (Lipinski definition) is 1. The van der Waals surface area contributed by atoms with E-state index < -0.39 is 0 Å². The lowest BCUT2D eigenvalue weighted by Gasteiger charge is -2.17. The normalized spacial score (nSPS) is 11.1. The van der Waals surface area contributed by atoms with Crippen LogP contribution in [-0.2, 0) is 0 Å². The van der Waals surface area contributed by atoms with Crippen molar-refractivity contribution in [2.45, 2.75) is 0 Å². The van der Waals surface area contributed by atoms with Crippen molar-refractivity contribution in [2.24, 2.45) is 0 Å². The fourth-order valence-corrected chi connectivity index (χ4v) is 4.27. The van der Waals surface area contributed by atoms with Gasteiger partial charge in [0.05, 0.1) is 45.3 Å². The number of hydrogen-bond donors (Lipinski definition) is 0. The molecule has 1 aromatic heterocycles. The Morgan fingerprint density at radius 3 is 1.96 bits per heavy atom. The van der Waals surface area contributed by atoms with Crippen molar-refractivity contribution in [1.29, 1.82) is 0 Å². The summed E-state index contributed by atoms with van der Waals surface area (Å²) < 4.78 is 4.54. The number of halogens is 1. The van der Waals surface area contributed by atoms with Gasteiger partial charge >= 0.3 is 0 Å². The van der Waals surface area contributed by atoms with Crippen molar-refractivity contribution in [3.63, 3.8) is 0 Å². The first-order valence-electron chi connectivity index (χ1n) is 8.92. The first kappa shape index (κ1) is 16.4.